The average molecular weight is 430 g/mol. The zero-order valence-electron chi connectivity index (χ0n) is 15.2. The molecule has 0 radical (unpaired) electrons. The molecule has 0 spiro atoms. The molecule has 29 heavy (non-hydrogen) atoms. The van der Waals surface area contributed by atoms with E-state index in [0.29, 0.717) is 0 Å². The molecule has 3 aromatic carbocycles. The van der Waals surface area contributed by atoms with E-state index in [0.717, 1.165) is 0 Å². The molecule has 9 heteroatoms. The zero-order chi connectivity index (χ0) is 21.3. The van der Waals surface area contributed by atoms with Crippen LogP contribution in [0.2, 0.25) is 0 Å². The molecule has 4 aromatic rings. The van der Waals surface area contributed by atoms with E-state index < -0.39 is 7.81 Å². The molecule has 0 saturated heterocycles. The maximum atomic E-state index is 9.87. The van der Waals surface area contributed by atoms with Gasteiger partial charge in [-0.3, -0.25) is 0 Å². The van der Waals surface area contributed by atoms with Crippen LogP contribution in [0.25, 0.3) is 22.4 Å². The van der Waals surface area contributed by atoms with Crippen LogP contribution >= 0.6 is 7.81 Å². The molecule has 0 saturated carbocycles. The van der Waals surface area contributed by atoms with Crippen LogP contribution in [0.5, 0.6) is 0 Å². The fraction of sp³-hybridized carbons (Fsp3) is 0.0500. The predicted molar refractivity (Wildman–Crippen MR) is 103 cm³/mol. The Morgan fingerprint density at radius 2 is 1.21 bits per heavy atom. The Morgan fingerprint density at radius 3 is 1.79 bits per heavy atom. The summed E-state index contributed by atoms with van der Waals surface area (Å²) in [7, 11) is -10.7. The van der Waals surface area contributed by atoms with Gasteiger partial charge in [0.1, 0.15) is 11.4 Å². The number of benzene rings is 3. The number of nitrogens with zero attached hydrogens (tertiary/aromatic N) is 2. The number of hydrogen-bond donors (Lipinski definition) is 0. The van der Waals surface area contributed by atoms with Crippen molar-refractivity contribution in [1.29, 1.82) is 0 Å². The van der Waals surface area contributed by atoms with E-state index in [1.165, 1.54) is 28.0 Å². The van der Waals surface area contributed by atoms with Gasteiger partial charge in [-0.15, -0.1) is 0 Å². The summed E-state index contributed by atoms with van der Waals surface area (Å²) in [6.07, 6.45) is 2.16. The van der Waals surface area contributed by atoms with Gasteiger partial charge in [-0.2, -0.15) is 9.13 Å². The third-order valence-corrected chi connectivity index (χ3v) is 3.98. The molecule has 4 rings (SSSR count). The maximum absolute atomic E-state index is 10.7. The van der Waals surface area contributed by atoms with E-state index in [9.17, 15) is 25.2 Å². The molecule has 0 aliphatic carbocycles. The molecule has 0 atom stereocenters. The Hall–Kier alpha value is -2.86. The summed E-state index contributed by atoms with van der Waals surface area (Å²) in [6.45, 7) is 2.11. The van der Waals surface area contributed by atoms with Crippen LogP contribution in [0.15, 0.2) is 85.2 Å². The van der Waals surface area contributed by atoms with Gasteiger partial charge in [0.2, 0.25) is 0 Å². The number of fused-ring (bicyclic) bond motifs is 1. The molecule has 0 aliphatic rings. The Balaban J connectivity index is 0.000000298. The van der Waals surface area contributed by atoms with Crippen molar-refractivity contribution in [2.75, 3.05) is 0 Å². The molecule has 1 heterocycles. The van der Waals surface area contributed by atoms with Gasteiger partial charge in [-0.25, -0.2) is 0 Å². The van der Waals surface area contributed by atoms with Crippen molar-refractivity contribution < 1.29 is 29.7 Å². The quantitative estimate of drug-likeness (QED) is 0.176. The van der Waals surface area contributed by atoms with E-state index in [2.05, 4.69) is 95.2 Å². The summed E-state index contributed by atoms with van der Waals surface area (Å²) in [5, 5.41) is 0. The summed E-state index contributed by atoms with van der Waals surface area (Å²) in [5.41, 5.74) is 6.03. The molecule has 0 bridgehead atoms. The first-order chi connectivity index (χ1) is 13.3. The molecule has 2 nitrogen and oxygen atoms in total. The number of halogens is 6. The average Bonchev–Trinajstić information content (AvgIpc) is 3.00. The van der Waals surface area contributed by atoms with Crippen LogP contribution in [0.1, 0.15) is 5.56 Å². The number of aryl methyl sites for hydroxylation is 1. The molecule has 154 valence electrons. The molecule has 0 aliphatic heterocycles. The SMILES string of the molecule is Cc1ccc(-[n+]2cn(-c3ccccc3)c3ccccc32)cc1.F[P-](F)(F)(F)(F)F. The van der Waals surface area contributed by atoms with Gasteiger partial charge in [-0.1, -0.05) is 48.0 Å². The first kappa shape index (κ1) is 20.9. The Kier molecular flexibility index (Phi) is 4.74. The van der Waals surface area contributed by atoms with Gasteiger partial charge in [0, 0.05) is 0 Å². The van der Waals surface area contributed by atoms with Crippen molar-refractivity contribution in [3.05, 3.63) is 90.8 Å². The Bertz CT molecular complexity index is 1120. The van der Waals surface area contributed by atoms with Crippen LogP contribution in [0.3, 0.4) is 0 Å². The zero-order valence-corrected chi connectivity index (χ0v) is 16.1. The fourth-order valence-corrected chi connectivity index (χ4v) is 2.82. The Labute approximate surface area is 162 Å². The Morgan fingerprint density at radius 1 is 0.690 bits per heavy atom. The monoisotopic (exact) mass is 430 g/mol. The van der Waals surface area contributed by atoms with Crippen molar-refractivity contribution in [3.8, 4) is 11.4 Å². The number of aromatic nitrogens is 2. The molecule has 0 unspecified atom stereocenters. The fourth-order valence-electron chi connectivity index (χ4n) is 2.82. The van der Waals surface area contributed by atoms with Crippen LogP contribution in [-0.4, -0.2) is 4.57 Å². The van der Waals surface area contributed by atoms with E-state index in [-0.39, 0.29) is 0 Å². The minimum atomic E-state index is -10.7. The summed E-state index contributed by atoms with van der Waals surface area (Å²) < 4.78 is 63.7. The van der Waals surface area contributed by atoms with E-state index >= 15 is 0 Å². The van der Waals surface area contributed by atoms with E-state index in [1.807, 2.05) is 6.07 Å². The summed E-state index contributed by atoms with van der Waals surface area (Å²) in [6, 6.07) is 27.6. The summed E-state index contributed by atoms with van der Waals surface area (Å²) in [4.78, 5) is 0. The van der Waals surface area contributed by atoms with E-state index in [1.54, 1.807) is 0 Å². The van der Waals surface area contributed by atoms with Gasteiger partial charge in [0.25, 0.3) is 6.33 Å². The van der Waals surface area contributed by atoms with Gasteiger partial charge >= 0.3 is 33.0 Å². The third-order valence-electron chi connectivity index (χ3n) is 3.98. The number of imidazole rings is 1. The molecule has 0 amide bonds. The number of hydrogen-bond acceptors (Lipinski definition) is 0. The van der Waals surface area contributed by atoms with Gasteiger partial charge in [0.15, 0.2) is 11.0 Å². The van der Waals surface area contributed by atoms with Gasteiger partial charge in [-0.05, 0) is 43.3 Å². The summed E-state index contributed by atoms with van der Waals surface area (Å²) >= 11 is 0. The summed E-state index contributed by atoms with van der Waals surface area (Å²) in [5.74, 6) is 0. The number of para-hydroxylation sites is 3. The first-order valence-corrected chi connectivity index (χ1v) is 10.5. The molecular weight excluding hydrogens is 413 g/mol. The van der Waals surface area contributed by atoms with Crippen LogP contribution in [0.4, 0.5) is 25.2 Å². The van der Waals surface area contributed by atoms with Crippen LogP contribution < -0.4 is 4.57 Å². The molecule has 1 aromatic heterocycles. The standard InChI is InChI=1S/C20H17N2.F6P/c1-16-11-13-18(14-12-16)22-15-21(17-7-3-2-4-8-17)19-9-5-6-10-20(19)22;1-7(2,3,4,5)6/h2-15H,1H3;/q+1;-1. The van der Waals surface area contributed by atoms with Crippen molar-refractivity contribution in [3.63, 3.8) is 0 Å². The van der Waals surface area contributed by atoms with Crippen LogP contribution in [0, 0.1) is 6.92 Å². The molecule has 0 N–H and O–H groups in total. The van der Waals surface area contributed by atoms with Gasteiger partial charge in [0.05, 0.1) is 0 Å². The number of rotatable bonds is 2. The van der Waals surface area contributed by atoms with E-state index in [4.69, 9.17) is 0 Å². The van der Waals surface area contributed by atoms with Crippen molar-refractivity contribution >= 4 is 18.8 Å². The van der Waals surface area contributed by atoms with Crippen molar-refractivity contribution in [2.45, 2.75) is 6.92 Å². The van der Waals surface area contributed by atoms with Crippen molar-refractivity contribution in [2.24, 2.45) is 0 Å². The predicted octanol–water partition coefficient (Wildman–Crippen LogP) is 7.60. The second-order valence-electron chi connectivity index (χ2n) is 6.47. The van der Waals surface area contributed by atoms with Crippen LogP contribution in [-0.2, 0) is 0 Å². The molecule has 0 fully saturated rings. The third kappa shape index (κ3) is 6.32. The normalized spacial score (nSPS) is 13.9. The van der Waals surface area contributed by atoms with Crippen molar-refractivity contribution in [1.82, 2.24) is 4.57 Å². The topological polar surface area (TPSA) is 8.81 Å². The first-order valence-electron chi connectivity index (χ1n) is 8.48. The second-order valence-corrected chi connectivity index (χ2v) is 8.39. The second kappa shape index (κ2) is 6.59. The molecular formula is C20H17F6N2P. The van der Waals surface area contributed by atoms with Gasteiger partial charge < -0.3 is 0 Å². The minimum absolute atomic E-state index is 1.17.